The summed E-state index contributed by atoms with van der Waals surface area (Å²) in [6, 6.07) is 0. The highest BCUT2D eigenvalue weighted by atomic mass is 32.2. The van der Waals surface area contributed by atoms with Gasteiger partial charge in [0, 0.05) is 6.20 Å². The normalized spacial score (nSPS) is 8.40. The van der Waals surface area contributed by atoms with Gasteiger partial charge in [-0.1, -0.05) is 31.7 Å². The number of nitrogens with one attached hydrogen (secondary N) is 1. The molecular formula is C7H15NOS. The molecule has 0 fully saturated rings. The Kier molecular flexibility index (Phi) is 13.9. The lowest BCUT2D eigenvalue weighted by molar-refractivity contribution is 0.263. The van der Waals surface area contributed by atoms with Gasteiger partial charge in [-0.05, 0) is 13.2 Å². The van der Waals surface area contributed by atoms with Crippen molar-refractivity contribution in [1.29, 1.82) is 0 Å². The van der Waals surface area contributed by atoms with Gasteiger partial charge in [0.15, 0.2) is 0 Å². The minimum absolute atomic E-state index is 0.0249. The van der Waals surface area contributed by atoms with E-state index in [1.54, 1.807) is 18.5 Å². The van der Waals surface area contributed by atoms with Gasteiger partial charge in [0.2, 0.25) is 0 Å². The fraction of sp³-hybridized carbons (Fsp3) is 0.571. The zero-order valence-electron chi connectivity index (χ0n) is 6.97. The number of allylic oxidation sites excluding steroid dienone is 1. The van der Waals surface area contributed by atoms with Gasteiger partial charge in [0.25, 0.3) is 5.24 Å². The third-order valence-electron chi connectivity index (χ3n) is 0.553. The molecule has 0 aromatic heterocycles. The van der Waals surface area contributed by atoms with Gasteiger partial charge in [-0.2, -0.15) is 0 Å². The van der Waals surface area contributed by atoms with Crippen molar-refractivity contribution in [3.8, 4) is 0 Å². The fourth-order valence-corrected chi connectivity index (χ4v) is 0.396. The number of carbonyl (C=O) groups is 1. The van der Waals surface area contributed by atoms with Crippen LogP contribution in [-0.2, 0) is 0 Å². The Bertz CT molecular complexity index is 102. The van der Waals surface area contributed by atoms with Gasteiger partial charge in [-0.25, -0.2) is 0 Å². The van der Waals surface area contributed by atoms with Crippen LogP contribution in [-0.4, -0.2) is 11.5 Å². The van der Waals surface area contributed by atoms with Crippen LogP contribution in [0.25, 0.3) is 0 Å². The lowest BCUT2D eigenvalue weighted by Crippen LogP contribution is -2.08. The molecule has 0 heterocycles. The van der Waals surface area contributed by atoms with Crippen molar-refractivity contribution in [2.45, 2.75) is 20.8 Å². The molecule has 3 heteroatoms. The van der Waals surface area contributed by atoms with E-state index in [4.69, 9.17) is 0 Å². The monoisotopic (exact) mass is 161 g/mol. The quantitative estimate of drug-likeness (QED) is 0.640. The topological polar surface area (TPSA) is 29.1 Å². The van der Waals surface area contributed by atoms with Crippen LogP contribution in [0.3, 0.4) is 0 Å². The Morgan fingerprint density at radius 3 is 2.30 bits per heavy atom. The van der Waals surface area contributed by atoms with E-state index in [-0.39, 0.29) is 5.24 Å². The van der Waals surface area contributed by atoms with Gasteiger partial charge in [-0.15, -0.1) is 0 Å². The molecule has 0 aliphatic heterocycles. The van der Waals surface area contributed by atoms with Crippen LogP contribution in [0.5, 0.6) is 0 Å². The van der Waals surface area contributed by atoms with Crippen molar-refractivity contribution >= 4 is 17.0 Å². The Balaban J connectivity index is 0. The standard InChI is InChI=1S/C5H9NOS.C2H6/c1-3-4-6-5(7)8-2;1-2/h3-4H,1-2H3,(H,6,7);1-2H3/b4-3+;. The van der Waals surface area contributed by atoms with Crippen LogP contribution in [0.2, 0.25) is 0 Å². The lowest BCUT2D eigenvalue weighted by Gasteiger charge is -1.89. The summed E-state index contributed by atoms with van der Waals surface area (Å²) in [7, 11) is 0. The third-order valence-corrected chi connectivity index (χ3v) is 1.04. The molecule has 0 aliphatic carbocycles. The van der Waals surface area contributed by atoms with Gasteiger partial charge >= 0.3 is 0 Å². The maximum absolute atomic E-state index is 10.4. The molecule has 0 saturated carbocycles. The minimum Gasteiger partial charge on any atom is -0.324 e. The molecule has 0 aromatic carbocycles. The van der Waals surface area contributed by atoms with E-state index in [1.165, 1.54) is 0 Å². The Labute approximate surface area is 67.1 Å². The predicted molar refractivity (Wildman–Crippen MR) is 48.2 cm³/mol. The first-order valence-corrected chi connectivity index (χ1v) is 4.49. The van der Waals surface area contributed by atoms with Gasteiger partial charge in [-0.3, -0.25) is 4.79 Å². The molecule has 0 aromatic rings. The molecule has 1 N–H and O–H groups in total. The van der Waals surface area contributed by atoms with E-state index in [9.17, 15) is 4.79 Å². The molecule has 0 rings (SSSR count). The predicted octanol–water partition coefficient (Wildman–Crippen LogP) is 2.62. The molecule has 0 bridgehead atoms. The molecule has 0 aliphatic rings. The first-order chi connectivity index (χ1) is 4.81. The summed E-state index contributed by atoms with van der Waals surface area (Å²) < 4.78 is 0. The average Bonchev–Trinajstić information content (AvgIpc) is 2.04. The van der Waals surface area contributed by atoms with Crippen LogP contribution in [0.1, 0.15) is 20.8 Å². The van der Waals surface area contributed by atoms with Crippen LogP contribution in [0.4, 0.5) is 4.79 Å². The highest BCUT2D eigenvalue weighted by Gasteiger charge is 1.88. The van der Waals surface area contributed by atoms with Crippen LogP contribution in [0, 0.1) is 0 Å². The van der Waals surface area contributed by atoms with Crippen LogP contribution < -0.4 is 5.32 Å². The molecule has 10 heavy (non-hydrogen) atoms. The summed E-state index contributed by atoms with van der Waals surface area (Å²) in [5, 5.41) is 2.50. The lowest BCUT2D eigenvalue weighted by atomic mass is 10.7. The van der Waals surface area contributed by atoms with Crippen molar-refractivity contribution in [2.75, 3.05) is 6.26 Å². The number of hydrogen-bond donors (Lipinski definition) is 1. The van der Waals surface area contributed by atoms with Crippen molar-refractivity contribution in [3.63, 3.8) is 0 Å². The molecule has 0 unspecified atom stereocenters. The van der Waals surface area contributed by atoms with Crippen LogP contribution >= 0.6 is 11.8 Å². The van der Waals surface area contributed by atoms with Crippen molar-refractivity contribution in [2.24, 2.45) is 0 Å². The fourth-order valence-electron chi connectivity index (χ4n) is 0.210. The zero-order valence-corrected chi connectivity index (χ0v) is 7.79. The number of amides is 1. The van der Waals surface area contributed by atoms with Gasteiger partial charge in [0.1, 0.15) is 0 Å². The molecule has 0 saturated heterocycles. The van der Waals surface area contributed by atoms with Crippen molar-refractivity contribution in [1.82, 2.24) is 5.32 Å². The summed E-state index contributed by atoms with van der Waals surface area (Å²) in [5.41, 5.74) is 0. The summed E-state index contributed by atoms with van der Waals surface area (Å²) in [6.07, 6.45) is 5.12. The SMILES string of the molecule is C/C=C/NC(=O)SC.CC. The Hall–Kier alpha value is -0.440. The number of hydrogen-bond acceptors (Lipinski definition) is 2. The number of carbonyl (C=O) groups excluding carboxylic acids is 1. The summed E-state index contributed by atoms with van der Waals surface area (Å²) in [5.74, 6) is 0. The second kappa shape index (κ2) is 11.4. The second-order valence-electron chi connectivity index (χ2n) is 1.14. The average molecular weight is 161 g/mol. The van der Waals surface area contributed by atoms with E-state index in [1.807, 2.05) is 20.8 Å². The minimum atomic E-state index is -0.0249. The Morgan fingerprint density at radius 1 is 1.50 bits per heavy atom. The van der Waals surface area contributed by atoms with Crippen LogP contribution in [0.15, 0.2) is 12.3 Å². The van der Waals surface area contributed by atoms with Gasteiger partial charge < -0.3 is 5.32 Å². The first kappa shape index (κ1) is 12.3. The number of thioether (sulfide) groups is 1. The van der Waals surface area contributed by atoms with Gasteiger partial charge in [0.05, 0.1) is 0 Å². The number of rotatable bonds is 1. The third kappa shape index (κ3) is 10.5. The van der Waals surface area contributed by atoms with E-state index >= 15 is 0 Å². The zero-order chi connectivity index (χ0) is 8.41. The molecule has 0 atom stereocenters. The highest BCUT2D eigenvalue weighted by Crippen LogP contribution is 1.90. The molecule has 2 nitrogen and oxygen atoms in total. The molecule has 0 spiro atoms. The smallest absolute Gasteiger partial charge is 0.282 e. The maximum Gasteiger partial charge on any atom is 0.282 e. The Morgan fingerprint density at radius 2 is 2.00 bits per heavy atom. The molecular weight excluding hydrogens is 146 g/mol. The van der Waals surface area contributed by atoms with Crippen molar-refractivity contribution < 1.29 is 4.79 Å². The summed E-state index contributed by atoms with van der Waals surface area (Å²) >= 11 is 1.16. The molecule has 0 radical (unpaired) electrons. The molecule has 60 valence electrons. The summed E-state index contributed by atoms with van der Waals surface area (Å²) in [4.78, 5) is 10.4. The van der Waals surface area contributed by atoms with E-state index in [0.717, 1.165) is 11.8 Å². The largest absolute Gasteiger partial charge is 0.324 e. The van der Waals surface area contributed by atoms with E-state index < -0.39 is 0 Å². The van der Waals surface area contributed by atoms with E-state index in [0.29, 0.717) is 0 Å². The summed E-state index contributed by atoms with van der Waals surface area (Å²) in [6.45, 7) is 5.85. The van der Waals surface area contributed by atoms with Crippen molar-refractivity contribution in [3.05, 3.63) is 12.3 Å². The first-order valence-electron chi connectivity index (χ1n) is 3.27. The highest BCUT2D eigenvalue weighted by molar-refractivity contribution is 8.12. The van der Waals surface area contributed by atoms with E-state index in [2.05, 4.69) is 5.32 Å². The molecule has 1 amide bonds. The maximum atomic E-state index is 10.4. The second-order valence-corrected chi connectivity index (χ2v) is 1.91.